The average molecular weight is 425 g/mol. The molecule has 0 radical (unpaired) electrons. The first-order valence-corrected chi connectivity index (χ1v) is 9.14. The van der Waals surface area contributed by atoms with Gasteiger partial charge in [0, 0.05) is 11.6 Å². The molecule has 2 heterocycles. The van der Waals surface area contributed by atoms with Crippen LogP contribution in [-0.2, 0) is 4.79 Å². The molecular weight excluding hydrogens is 406 g/mol. The number of anilines is 1. The lowest BCUT2D eigenvalue weighted by Crippen LogP contribution is -2.07. The van der Waals surface area contributed by atoms with E-state index < -0.39 is 5.91 Å². The molecule has 0 saturated heterocycles. The second-order valence-electron chi connectivity index (χ2n) is 6.26. The zero-order valence-electron chi connectivity index (χ0n) is 17.0. The molecule has 0 spiro atoms. The Balaban J connectivity index is 1.45. The van der Waals surface area contributed by atoms with Crippen LogP contribution in [0.15, 0.2) is 40.8 Å². The Morgan fingerprint density at radius 1 is 1.00 bits per heavy atom. The maximum atomic E-state index is 12.3. The van der Waals surface area contributed by atoms with Crippen LogP contribution in [-0.4, -0.2) is 44.2 Å². The van der Waals surface area contributed by atoms with Crippen molar-refractivity contribution in [1.82, 2.24) is 10.2 Å². The van der Waals surface area contributed by atoms with Crippen LogP contribution in [0, 0.1) is 0 Å². The van der Waals surface area contributed by atoms with Gasteiger partial charge in [-0.3, -0.25) is 10.1 Å². The monoisotopic (exact) mass is 425 g/mol. The number of nitrogens with zero attached hydrogens (tertiary/aromatic N) is 2. The van der Waals surface area contributed by atoms with Gasteiger partial charge >= 0.3 is 6.01 Å². The molecule has 2 aromatic carbocycles. The zero-order valence-corrected chi connectivity index (χ0v) is 17.0. The number of hydrogen-bond donors (Lipinski definition) is 1. The molecule has 0 atom stereocenters. The summed E-state index contributed by atoms with van der Waals surface area (Å²) >= 11 is 0. The highest BCUT2D eigenvalue weighted by Crippen LogP contribution is 2.38. The van der Waals surface area contributed by atoms with Gasteiger partial charge in [-0.15, -0.1) is 5.10 Å². The van der Waals surface area contributed by atoms with Crippen molar-refractivity contribution in [2.75, 3.05) is 33.4 Å². The fraction of sp³-hybridized carbons (Fsp3) is 0.190. The third kappa shape index (κ3) is 4.22. The Bertz CT molecular complexity index is 1110. The largest absolute Gasteiger partial charge is 0.493 e. The van der Waals surface area contributed by atoms with Gasteiger partial charge in [0.2, 0.25) is 18.4 Å². The summed E-state index contributed by atoms with van der Waals surface area (Å²) in [6.45, 7) is 0.169. The molecule has 10 nitrogen and oxygen atoms in total. The van der Waals surface area contributed by atoms with Crippen molar-refractivity contribution in [2.45, 2.75) is 0 Å². The van der Waals surface area contributed by atoms with Gasteiger partial charge in [0.05, 0.1) is 21.3 Å². The minimum atomic E-state index is -0.449. The molecule has 0 saturated carbocycles. The lowest BCUT2D eigenvalue weighted by atomic mass is 10.1. The molecule has 31 heavy (non-hydrogen) atoms. The molecule has 0 bridgehead atoms. The number of fused-ring (bicyclic) bond motifs is 1. The fourth-order valence-corrected chi connectivity index (χ4v) is 2.94. The number of ether oxygens (including phenoxy) is 5. The van der Waals surface area contributed by atoms with Crippen LogP contribution >= 0.6 is 0 Å². The minimum Gasteiger partial charge on any atom is -0.493 e. The highest BCUT2D eigenvalue weighted by atomic mass is 16.7. The van der Waals surface area contributed by atoms with Gasteiger partial charge in [-0.05, 0) is 42.0 Å². The summed E-state index contributed by atoms with van der Waals surface area (Å²) in [6.07, 6.45) is 2.92. The van der Waals surface area contributed by atoms with E-state index in [-0.39, 0.29) is 18.7 Å². The van der Waals surface area contributed by atoms with Gasteiger partial charge in [0.15, 0.2) is 23.0 Å². The van der Waals surface area contributed by atoms with E-state index in [9.17, 15) is 4.79 Å². The van der Waals surface area contributed by atoms with Crippen LogP contribution in [0.25, 0.3) is 17.5 Å². The van der Waals surface area contributed by atoms with E-state index in [1.54, 1.807) is 36.4 Å². The number of methoxy groups -OCH3 is 3. The predicted octanol–water partition coefficient (Wildman–Crippen LogP) is 3.14. The topological polar surface area (TPSA) is 114 Å². The lowest BCUT2D eigenvalue weighted by molar-refractivity contribution is -0.112. The first kappa shape index (κ1) is 20.1. The highest BCUT2D eigenvalue weighted by Gasteiger charge is 2.17. The van der Waals surface area contributed by atoms with Gasteiger partial charge in [-0.1, -0.05) is 5.10 Å². The van der Waals surface area contributed by atoms with E-state index in [1.807, 2.05) is 0 Å². The Labute approximate surface area is 177 Å². The van der Waals surface area contributed by atoms with Crippen LogP contribution in [0.3, 0.4) is 0 Å². The quantitative estimate of drug-likeness (QED) is 0.570. The molecule has 1 N–H and O–H groups in total. The van der Waals surface area contributed by atoms with Crippen LogP contribution in [0.2, 0.25) is 0 Å². The first-order chi connectivity index (χ1) is 15.1. The molecule has 0 unspecified atom stereocenters. The molecular formula is C21H19N3O7. The van der Waals surface area contributed by atoms with Crippen molar-refractivity contribution in [3.8, 4) is 40.2 Å². The lowest BCUT2D eigenvalue weighted by Gasteiger charge is -2.12. The summed E-state index contributed by atoms with van der Waals surface area (Å²) in [4.78, 5) is 12.3. The summed E-state index contributed by atoms with van der Waals surface area (Å²) < 4.78 is 32.0. The molecule has 0 fully saturated rings. The minimum absolute atomic E-state index is 0.0350. The maximum Gasteiger partial charge on any atom is 0.322 e. The standard InChI is InChI=1S/C21H19N3O7/c1-26-16-8-12(9-17(27-2)19(16)28-3)4-7-18(25)22-21-24-23-20(31-21)13-5-6-14-15(10-13)30-11-29-14/h4-10H,11H2,1-3H3,(H,22,24,25). The molecule has 160 valence electrons. The second-order valence-corrected chi connectivity index (χ2v) is 6.26. The summed E-state index contributed by atoms with van der Waals surface area (Å²) in [6, 6.07) is 8.64. The number of hydrogen-bond acceptors (Lipinski definition) is 9. The van der Waals surface area contributed by atoms with Crippen molar-refractivity contribution >= 4 is 18.0 Å². The van der Waals surface area contributed by atoms with Crippen LogP contribution in [0.5, 0.6) is 28.7 Å². The molecule has 10 heteroatoms. The molecule has 0 aliphatic carbocycles. The summed E-state index contributed by atoms with van der Waals surface area (Å²) in [5.74, 6) is 2.45. The maximum absolute atomic E-state index is 12.3. The molecule has 1 aromatic heterocycles. The van der Waals surface area contributed by atoms with Crippen molar-refractivity contribution < 1.29 is 32.9 Å². The van der Waals surface area contributed by atoms with E-state index in [0.717, 1.165) is 0 Å². The van der Waals surface area contributed by atoms with E-state index in [4.69, 9.17) is 28.1 Å². The summed E-state index contributed by atoms with van der Waals surface area (Å²) in [5, 5.41) is 10.3. The Morgan fingerprint density at radius 3 is 2.45 bits per heavy atom. The first-order valence-electron chi connectivity index (χ1n) is 9.14. The number of amides is 1. The molecule has 1 aliphatic heterocycles. The van der Waals surface area contributed by atoms with E-state index in [1.165, 1.54) is 27.4 Å². The Kier molecular flexibility index (Phi) is 5.61. The van der Waals surface area contributed by atoms with Crippen LogP contribution in [0.1, 0.15) is 5.56 Å². The molecule has 4 rings (SSSR count). The predicted molar refractivity (Wildman–Crippen MR) is 110 cm³/mol. The van der Waals surface area contributed by atoms with E-state index in [0.29, 0.717) is 39.9 Å². The summed E-state index contributed by atoms with van der Waals surface area (Å²) in [7, 11) is 4.56. The van der Waals surface area contributed by atoms with Crippen molar-refractivity contribution in [3.05, 3.63) is 42.0 Å². The SMILES string of the molecule is COc1cc(C=CC(=O)Nc2nnc(-c3ccc4c(c3)OCO4)o2)cc(OC)c1OC. The fourth-order valence-electron chi connectivity index (χ4n) is 2.94. The molecule has 1 aliphatic rings. The number of carbonyl (C=O) groups excluding carboxylic acids is 1. The molecule has 1 amide bonds. The van der Waals surface area contributed by atoms with E-state index in [2.05, 4.69) is 15.5 Å². The van der Waals surface area contributed by atoms with Crippen molar-refractivity contribution in [1.29, 1.82) is 0 Å². The number of aromatic nitrogens is 2. The normalized spacial score (nSPS) is 12.1. The highest BCUT2D eigenvalue weighted by molar-refractivity contribution is 6.00. The van der Waals surface area contributed by atoms with Gasteiger partial charge in [0.25, 0.3) is 5.91 Å². The Morgan fingerprint density at radius 2 is 1.74 bits per heavy atom. The van der Waals surface area contributed by atoms with Crippen molar-refractivity contribution in [2.24, 2.45) is 0 Å². The van der Waals surface area contributed by atoms with E-state index >= 15 is 0 Å². The van der Waals surface area contributed by atoms with Crippen molar-refractivity contribution in [3.63, 3.8) is 0 Å². The number of nitrogens with one attached hydrogen (secondary N) is 1. The molecule has 3 aromatic rings. The van der Waals surface area contributed by atoms with Gasteiger partial charge < -0.3 is 28.1 Å². The van der Waals surface area contributed by atoms with Gasteiger partial charge in [0.1, 0.15) is 0 Å². The average Bonchev–Trinajstić information content (AvgIpc) is 3.45. The number of carbonyl (C=O) groups is 1. The smallest absolute Gasteiger partial charge is 0.322 e. The number of benzene rings is 2. The third-order valence-corrected chi connectivity index (χ3v) is 4.39. The second kappa shape index (κ2) is 8.66. The Hall–Kier alpha value is -4.21. The summed E-state index contributed by atoms with van der Waals surface area (Å²) in [5.41, 5.74) is 1.32. The third-order valence-electron chi connectivity index (χ3n) is 4.39. The number of rotatable bonds is 7. The van der Waals surface area contributed by atoms with Gasteiger partial charge in [-0.25, -0.2) is 0 Å². The van der Waals surface area contributed by atoms with Crippen LogP contribution < -0.4 is 29.0 Å². The zero-order chi connectivity index (χ0) is 21.8. The van der Waals surface area contributed by atoms with Crippen LogP contribution in [0.4, 0.5) is 6.01 Å². The van der Waals surface area contributed by atoms with Gasteiger partial charge in [-0.2, -0.15) is 0 Å².